The minimum Gasteiger partial charge on any atom is -0.308 e. The van der Waals surface area contributed by atoms with Gasteiger partial charge in [-0.05, 0) is 117 Å². The van der Waals surface area contributed by atoms with Gasteiger partial charge in [-0.25, -0.2) is 4.68 Å². The molecule has 2 unspecified atom stereocenters. The van der Waals surface area contributed by atoms with E-state index in [1.165, 1.54) is 74.0 Å². The average Bonchev–Trinajstić information content (AvgIpc) is 3.14. The van der Waals surface area contributed by atoms with Crippen molar-refractivity contribution in [3.8, 4) is 5.69 Å². The molecule has 1 aromatic heterocycles. The Morgan fingerprint density at radius 1 is 1.03 bits per heavy atom. The molecule has 1 heterocycles. The Morgan fingerprint density at radius 2 is 1.67 bits per heavy atom. The molecule has 4 fully saturated rings. The summed E-state index contributed by atoms with van der Waals surface area (Å²) in [5.41, 5.74) is 6.41. The second kappa shape index (κ2) is 7.97. The minimum absolute atomic E-state index is 0.351. The second-order valence-corrected chi connectivity index (χ2v) is 13.3. The third-order valence-electron chi connectivity index (χ3n) is 10.2. The quantitative estimate of drug-likeness (QED) is 0.554. The number of nitrogens with one attached hydrogen (secondary N) is 1. The van der Waals surface area contributed by atoms with Crippen molar-refractivity contribution in [1.82, 2.24) is 15.1 Å². The number of hydrogen-bond donors (Lipinski definition) is 1. The summed E-state index contributed by atoms with van der Waals surface area (Å²) in [7, 11) is 0. The van der Waals surface area contributed by atoms with Crippen LogP contribution in [0, 0.1) is 34.5 Å². The third-order valence-corrected chi connectivity index (χ3v) is 10.2. The lowest BCUT2D eigenvalue weighted by atomic mass is 9.48. The fraction of sp³-hybridized carbons (Fsp3) is 0.700. The van der Waals surface area contributed by atoms with Crippen molar-refractivity contribution in [1.29, 1.82) is 0 Å². The van der Waals surface area contributed by atoms with Crippen molar-refractivity contribution in [2.75, 3.05) is 0 Å². The number of benzene rings is 1. The Labute approximate surface area is 200 Å². The number of nitrogens with zero attached hydrogens (tertiary/aromatic N) is 2. The summed E-state index contributed by atoms with van der Waals surface area (Å²) >= 11 is 0. The average molecular weight is 446 g/mol. The Balaban J connectivity index is 1.26. The van der Waals surface area contributed by atoms with Gasteiger partial charge in [0, 0.05) is 18.3 Å². The lowest BCUT2D eigenvalue weighted by Crippen LogP contribution is -2.54. The van der Waals surface area contributed by atoms with Crippen LogP contribution in [0.2, 0.25) is 0 Å². The van der Waals surface area contributed by atoms with Crippen LogP contribution in [0.3, 0.4) is 0 Å². The third kappa shape index (κ3) is 3.89. The molecule has 4 saturated carbocycles. The first-order valence-electron chi connectivity index (χ1n) is 13.7. The predicted molar refractivity (Wildman–Crippen MR) is 135 cm³/mol. The predicted octanol–water partition coefficient (Wildman–Crippen LogP) is 6.72. The van der Waals surface area contributed by atoms with Gasteiger partial charge in [0.25, 0.3) is 0 Å². The van der Waals surface area contributed by atoms with Gasteiger partial charge in [-0.15, -0.1) is 0 Å². The van der Waals surface area contributed by atoms with Crippen LogP contribution in [-0.2, 0) is 19.4 Å². The van der Waals surface area contributed by atoms with Crippen molar-refractivity contribution in [2.45, 2.75) is 98.1 Å². The summed E-state index contributed by atoms with van der Waals surface area (Å²) in [6, 6.07) is 11.4. The monoisotopic (exact) mass is 445 g/mol. The van der Waals surface area contributed by atoms with E-state index < -0.39 is 0 Å². The highest BCUT2D eigenvalue weighted by Gasteiger charge is 2.53. The molecule has 3 nitrogen and oxygen atoms in total. The van der Waals surface area contributed by atoms with Crippen LogP contribution in [0.15, 0.2) is 30.3 Å². The van der Waals surface area contributed by atoms with Gasteiger partial charge >= 0.3 is 0 Å². The van der Waals surface area contributed by atoms with Crippen LogP contribution < -0.4 is 5.32 Å². The van der Waals surface area contributed by atoms with Crippen molar-refractivity contribution in [2.24, 2.45) is 34.5 Å². The maximum atomic E-state index is 5.25. The Kier molecular flexibility index (Phi) is 5.29. The summed E-state index contributed by atoms with van der Waals surface area (Å²) in [6.07, 6.45) is 12.6. The number of fused-ring (bicyclic) bond motifs is 1. The molecule has 1 aromatic carbocycles. The normalized spacial score (nSPS) is 33.8. The van der Waals surface area contributed by atoms with Crippen LogP contribution in [0.1, 0.15) is 89.6 Å². The van der Waals surface area contributed by atoms with Crippen LogP contribution in [-0.4, -0.2) is 15.8 Å². The maximum absolute atomic E-state index is 5.25. The fourth-order valence-electron chi connectivity index (χ4n) is 8.53. The zero-order chi connectivity index (χ0) is 22.8. The summed E-state index contributed by atoms with van der Waals surface area (Å²) in [6.45, 7) is 10.7. The zero-order valence-electron chi connectivity index (χ0n) is 21.2. The van der Waals surface area contributed by atoms with Crippen LogP contribution in [0.5, 0.6) is 0 Å². The van der Waals surface area contributed by atoms with E-state index in [0.29, 0.717) is 16.9 Å². The Hall–Kier alpha value is -1.61. The number of para-hydroxylation sites is 1. The molecule has 2 aromatic rings. The van der Waals surface area contributed by atoms with Crippen molar-refractivity contribution < 1.29 is 0 Å². The van der Waals surface area contributed by atoms with E-state index in [2.05, 4.69) is 68.0 Å². The summed E-state index contributed by atoms with van der Waals surface area (Å²) in [4.78, 5) is 0. The topological polar surface area (TPSA) is 29.9 Å². The minimum atomic E-state index is 0.351. The molecular weight excluding hydrogens is 402 g/mol. The highest BCUT2D eigenvalue weighted by Crippen LogP contribution is 2.61. The molecule has 1 N–H and O–H groups in total. The molecule has 5 aliphatic carbocycles. The standard InChI is InChI=1S/C30H43N3/c1-20(30-16-21-12-22(17-30)14-23(13-21)18-30)31-19-27-26-15-24(29(2,3)4)10-11-28(26)33(32-27)25-8-6-5-7-9-25/h5-9,20-24,31H,10-19H2,1-4H3. The highest BCUT2D eigenvalue weighted by molar-refractivity contribution is 5.39. The van der Waals surface area contributed by atoms with E-state index in [4.69, 9.17) is 5.10 Å². The van der Waals surface area contributed by atoms with Gasteiger partial charge in [0.2, 0.25) is 0 Å². The summed E-state index contributed by atoms with van der Waals surface area (Å²) in [5, 5.41) is 9.30. The van der Waals surface area contributed by atoms with Gasteiger partial charge in [-0.1, -0.05) is 39.0 Å². The highest BCUT2D eigenvalue weighted by atomic mass is 15.3. The van der Waals surface area contributed by atoms with Gasteiger partial charge in [0.1, 0.15) is 0 Å². The largest absolute Gasteiger partial charge is 0.308 e. The van der Waals surface area contributed by atoms with E-state index in [0.717, 1.165) is 36.6 Å². The number of rotatable bonds is 5. The number of aromatic nitrogens is 2. The second-order valence-electron chi connectivity index (χ2n) is 13.3. The maximum Gasteiger partial charge on any atom is 0.0801 e. The van der Waals surface area contributed by atoms with Gasteiger partial charge in [0.05, 0.1) is 11.4 Å². The fourth-order valence-corrected chi connectivity index (χ4v) is 8.53. The first-order valence-corrected chi connectivity index (χ1v) is 13.7. The molecule has 33 heavy (non-hydrogen) atoms. The van der Waals surface area contributed by atoms with E-state index >= 15 is 0 Å². The molecule has 0 radical (unpaired) electrons. The van der Waals surface area contributed by atoms with E-state index in [9.17, 15) is 0 Å². The Bertz CT molecular complexity index is 960. The molecule has 0 saturated heterocycles. The molecule has 4 bridgehead atoms. The molecule has 178 valence electrons. The van der Waals surface area contributed by atoms with Gasteiger partial charge < -0.3 is 5.32 Å². The number of hydrogen-bond acceptors (Lipinski definition) is 2. The zero-order valence-corrected chi connectivity index (χ0v) is 21.2. The van der Waals surface area contributed by atoms with Gasteiger partial charge in [-0.2, -0.15) is 5.10 Å². The molecular formula is C30H43N3. The van der Waals surface area contributed by atoms with Crippen molar-refractivity contribution >= 4 is 0 Å². The van der Waals surface area contributed by atoms with Crippen molar-refractivity contribution in [3.63, 3.8) is 0 Å². The summed E-state index contributed by atoms with van der Waals surface area (Å²) in [5.74, 6) is 3.77. The van der Waals surface area contributed by atoms with E-state index in [1.54, 1.807) is 0 Å². The first kappa shape index (κ1) is 21.9. The SMILES string of the molecule is CC(NCc1nn(-c2ccccc2)c2c1CC(C(C)(C)C)CC2)C12CC3CC(CC(C3)C1)C2. The van der Waals surface area contributed by atoms with E-state index in [1.807, 2.05) is 0 Å². The van der Waals surface area contributed by atoms with Crippen LogP contribution in [0.25, 0.3) is 5.69 Å². The molecule has 3 heteroatoms. The van der Waals surface area contributed by atoms with E-state index in [-0.39, 0.29) is 0 Å². The molecule has 0 spiro atoms. The summed E-state index contributed by atoms with van der Waals surface area (Å²) < 4.78 is 2.26. The smallest absolute Gasteiger partial charge is 0.0801 e. The lowest BCUT2D eigenvalue weighted by Gasteiger charge is -2.59. The van der Waals surface area contributed by atoms with Crippen LogP contribution in [0.4, 0.5) is 0 Å². The van der Waals surface area contributed by atoms with Gasteiger partial charge in [-0.3, -0.25) is 0 Å². The Morgan fingerprint density at radius 3 is 2.27 bits per heavy atom. The van der Waals surface area contributed by atoms with Gasteiger partial charge in [0.15, 0.2) is 0 Å². The van der Waals surface area contributed by atoms with Crippen LogP contribution >= 0.6 is 0 Å². The molecule has 7 rings (SSSR count). The molecule has 0 aliphatic heterocycles. The molecule has 2 atom stereocenters. The first-order chi connectivity index (χ1) is 15.8. The lowest BCUT2D eigenvalue weighted by molar-refractivity contribution is -0.0707. The van der Waals surface area contributed by atoms with Crippen molar-refractivity contribution in [3.05, 3.63) is 47.3 Å². The molecule has 5 aliphatic rings. The molecule has 0 amide bonds.